The van der Waals surface area contributed by atoms with Crippen molar-refractivity contribution in [3.05, 3.63) is 169 Å². The van der Waals surface area contributed by atoms with E-state index in [0.717, 1.165) is 56.6 Å². The minimum atomic E-state index is 0.622. The van der Waals surface area contributed by atoms with Crippen LogP contribution in [0.5, 0.6) is 0 Å². The molecule has 9 aromatic rings. The zero-order valence-corrected chi connectivity index (χ0v) is 27.7. The molecule has 0 atom stereocenters. The van der Waals surface area contributed by atoms with E-state index in [9.17, 15) is 0 Å². The third-order valence-electron chi connectivity index (χ3n) is 9.81. The van der Waals surface area contributed by atoms with Crippen LogP contribution in [0.25, 0.3) is 95.8 Å². The average molecular weight is 654 g/mol. The van der Waals surface area contributed by atoms with E-state index in [1.165, 1.54) is 27.3 Å². The smallest absolute Gasteiger partial charge is 0.166 e. The van der Waals surface area contributed by atoms with Crippen LogP contribution in [0.15, 0.2) is 158 Å². The van der Waals surface area contributed by atoms with Crippen molar-refractivity contribution in [1.29, 1.82) is 0 Å². The molecular weight excluding hydrogens is 623 g/mol. The molecule has 5 nitrogen and oxygen atoms in total. The molecule has 1 aliphatic carbocycles. The molecule has 3 aromatic heterocycles. The van der Waals surface area contributed by atoms with E-state index in [4.69, 9.17) is 15.0 Å². The number of allylic oxidation sites excluding steroid dienone is 2. The Hall–Kier alpha value is -6.85. The van der Waals surface area contributed by atoms with Crippen LogP contribution in [0, 0.1) is 0 Å². The number of nitrogens with zero attached hydrogens (tertiary/aromatic N) is 4. The van der Waals surface area contributed by atoms with Crippen molar-refractivity contribution < 1.29 is 0 Å². The van der Waals surface area contributed by atoms with Crippen molar-refractivity contribution in [3.63, 3.8) is 0 Å². The predicted molar refractivity (Wildman–Crippen MR) is 210 cm³/mol. The van der Waals surface area contributed by atoms with Crippen LogP contribution in [0.2, 0.25) is 0 Å². The van der Waals surface area contributed by atoms with E-state index >= 15 is 0 Å². The monoisotopic (exact) mass is 653 g/mol. The molecule has 0 bridgehead atoms. The number of hydrogen-bond donors (Lipinski definition) is 1. The summed E-state index contributed by atoms with van der Waals surface area (Å²) >= 11 is 0. The second-order valence-corrected chi connectivity index (χ2v) is 12.9. The second-order valence-electron chi connectivity index (χ2n) is 12.9. The maximum atomic E-state index is 5.19. The number of para-hydroxylation sites is 2. The number of benzene rings is 6. The quantitative estimate of drug-likeness (QED) is 0.201. The molecule has 0 spiro atoms. The van der Waals surface area contributed by atoms with E-state index in [1.54, 1.807) is 0 Å². The minimum absolute atomic E-state index is 0.622. The van der Waals surface area contributed by atoms with Crippen LogP contribution in [0.3, 0.4) is 0 Å². The van der Waals surface area contributed by atoms with Gasteiger partial charge in [-0.1, -0.05) is 133 Å². The van der Waals surface area contributed by atoms with Crippen LogP contribution in [0.1, 0.15) is 17.7 Å². The Bertz CT molecular complexity index is 2800. The lowest BCUT2D eigenvalue weighted by molar-refractivity contribution is 1.05. The van der Waals surface area contributed by atoms with E-state index in [1.807, 2.05) is 24.3 Å². The molecule has 240 valence electrons. The van der Waals surface area contributed by atoms with Crippen LogP contribution in [-0.4, -0.2) is 24.5 Å². The summed E-state index contributed by atoms with van der Waals surface area (Å²) in [6.07, 6.45) is 9.87. The van der Waals surface area contributed by atoms with Gasteiger partial charge in [-0.2, -0.15) is 0 Å². The topological polar surface area (TPSA) is 59.4 Å². The van der Waals surface area contributed by atoms with E-state index in [2.05, 4.69) is 155 Å². The average Bonchev–Trinajstić information content (AvgIpc) is 3.59. The fourth-order valence-electron chi connectivity index (χ4n) is 7.36. The van der Waals surface area contributed by atoms with Crippen LogP contribution in [0.4, 0.5) is 0 Å². The van der Waals surface area contributed by atoms with Gasteiger partial charge in [0.25, 0.3) is 0 Å². The normalized spacial score (nSPS) is 12.5. The Kier molecular flexibility index (Phi) is 6.81. The molecule has 51 heavy (non-hydrogen) atoms. The van der Waals surface area contributed by atoms with Gasteiger partial charge >= 0.3 is 0 Å². The third kappa shape index (κ3) is 4.98. The van der Waals surface area contributed by atoms with Crippen molar-refractivity contribution in [1.82, 2.24) is 24.5 Å². The number of aromatic nitrogens is 5. The highest BCUT2D eigenvalue weighted by Crippen LogP contribution is 2.40. The largest absolute Gasteiger partial charge is 0.354 e. The highest BCUT2D eigenvalue weighted by molar-refractivity contribution is 6.13. The molecule has 6 aromatic carbocycles. The molecule has 0 aliphatic heterocycles. The molecule has 0 saturated carbocycles. The summed E-state index contributed by atoms with van der Waals surface area (Å²) in [5.41, 5.74) is 11.8. The second kappa shape index (κ2) is 11.9. The van der Waals surface area contributed by atoms with Crippen molar-refractivity contribution in [2.45, 2.75) is 6.42 Å². The van der Waals surface area contributed by atoms with Crippen molar-refractivity contribution >= 4 is 44.9 Å². The zero-order chi connectivity index (χ0) is 33.7. The fraction of sp³-hybridized carbons (Fsp3) is 0.0217. The lowest BCUT2D eigenvalue weighted by Gasteiger charge is -2.15. The van der Waals surface area contributed by atoms with E-state index in [0.29, 0.717) is 17.5 Å². The van der Waals surface area contributed by atoms with Gasteiger partial charge in [-0.15, -0.1) is 0 Å². The Morgan fingerprint density at radius 1 is 0.471 bits per heavy atom. The molecule has 5 heteroatoms. The molecule has 3 heterocycles. The minimum Gasteiger partial charge on any atom is -0.354 e. The first-order valence-electron chi connectivity index (χ1n) is 17.3. The molecular formula is C46H31N5. The number of H-pyrrole nitrogens is 1. The molecule has 0 fully saturated rings. The Balaban J connectivity index is 1.20. The van der Waals surface area contributed by atoms with Crippen LogP contribution < -0.4 is 0 Å². The summed E-state index contributed by atoms with van der Waals surface area (Å²) in [6, 6.07) is 50.7. The van der Waals surface area contributed by atoms with Crippen LogP contribution in [-0.2, 0) is 0 Å². The summed E-state index contributed by atoms with van der Waals surface area (Å²) in [5, 5.41) is 3.66. The molecule has 0 radical (unpaired) electrons. The molecule has 1 aliphatic rings. The molecule has 0 unspecified atom stereocenters. The van der Waals surface area contributed by atoms with Gasteiger partial charge in [-0.25, -0.2) is 15.0 Å². The first-order chi connectivity index (χ1) is 25.3. The molecule has 10 rings (SSSR count). The summed E-state index contributed by atoms with van der Waals surface area (Å²) in [6.45, 7) is 0. The molecule has 0 amide bonds. The Morgan fingerprint density at radius 2 is 1.08 bits per heavy atom. The maximum Gasteiger partial charge on any atom is 0.166 e. The SMILES string of the molecule is C1=Cc2c(n(-c3ccccc3-c3nc(-c4ccccc4)nc(-c4ccc(-c5ccccc5)cc4)n3)c3cc4[nH]c5ccccc5c4cc23)C=CC1. The van der Waals surface area contributed by atoms with Gasteiger partial charge in [-0.3, -0.25) is 0 Å². The van der Waals surface area contributed by atoms with Gasteiger partial charge in [0.1, 0.15) is 0 Å². The van der Waals surface area contributed by atoms with E-state index < -0.39 is 0 Å². The third-order valence-corrected chi connectivity index (χ3v) is 9.81. The van der Waals surface area contributed by atoms with Crippen molar-refractivity contribution in [2.75, 3.05) is 0 Å². The Labute approximate surface area is 294 Å². The Morgan fingerprint density at radius 3 is 1.88 bits per heavy atom. The van der Waals surface area contributed by atoms with E-state index in [-0.39, 0.29) is 0 Å². The van der Waals surface area contributed by atoms with Crippen molar-refractivity contribution in [2.24, 2.45) is 0 Å². The first-order valence-corrected chi connectivity index (χ1v) is 17.3. The lowest BCUT2D eigenvalue weighted by atomic mass is 10.0. The van der Waals surface area contributed by atoms with Gasteiger partial charge in [-0.05, 0) is 54.0 Å². The van der Waals surface area contributed by atoms with Gasteiger partial charge in [0.05, 0.1) is 16.9 Å². The predicted octanol–water partition coefficient (Wildman–Crippen LogP) is 11.5. The summed E-state index contributed by atoms with van der Waals surface area (Å²) < 4.78 is 2.37. The summed E-state index contributed by atoms with van der Waals surface area (Å²) in [5.74, 6) is 1.89. The molecule has 1 N–H and O–H groups in total. The first kappa shape index (κ1) is 29.1. The number of aromatic amines is 1. The van der Waals surface area contributed by atoms with Gasteiger partial charge in [0.15, 0.2) is 17.5 Å². The zero-order valence-electron chi connectivity index (χ0n) is 27.7. The highest BCUT2D eigenvalue weighted by Gasteiger charge is 2.22. The summed E-state index contributed by atoms with van der Waals surface area (Å²) in [7, 11) is 0. The van der Waals surface area contributed by atoms with Crippen molar-refractivity contribution in [3.8, 4) is 51.0 Å². The highest BCUT2D eigenvalue weighted by atomic mass is 15.1. The standard InChI is InChI=1S/C46H31N5/c1-4-14-30(15-5-1)31-24-26-33(27-25-31)45-48-44(32-16-6-2-7-17-32)49-46(50-45)36-20-11-13-23-42(36)51-41-22-9-3-8-19-35(41)38-28-37-34-18-10-12-21-39(34)47-40(37)29-43(38)51/h1-2,4-29,47H,3H2. The van der Waals surface area contributed by atoms with Gasteiger partial charge in [0, 0.05) is 49.4 Å². The van der Waals surface area contributed by atoms with Crippen LogP contribution >= 0.6 is 0 Å². The number of fused-ring (bicyclic) bond motifs is 6. The lowest BCUT2D eigenvalue weighted by Crippen LogP contribution is -2.04. The van der Waals surface area contributed by atoms with Gasteiger partial charge < -0.3 is 9.55 Å². The fourth-order valence-corrected chi connectivity index (χ4v) is 7.36. The summed E-state index contributed by atoms with van der Waals surface area (Å²) in [4.78, 5) is 19.0. The number of hydrogen-bond acceptors (Lipinski definition) is 3. The van der Waals surface area contributed by atoms with Gasteiger partial charge in [0.2, 0.25) is 0 Å². The maximum absolute atomic E-state index is 5.19. The molecule has 0 saturated heterocycles. The number of nitrogens with one attached hydrogen (secondary N) is 1. The number of rotatable bonds is 5.